The number of hydrogen-bond acceptors (Lipinski definition) is 4. The van der Waals surface area contributed by atoms with Crippen LogP contribution in [0.15, 0.2) is 18.2 Å². The molecule has 1 aromatic carbocycles. The minimum absolute atomic E-state index is 0.190. The average Bonchev–Trinajstić information content (AvgIpc) is 2.57. The van der Waals surface area contributed by atoms with Crippen molar-refractivity contribution in [1.82, 2.24) is 10.2 Å². The first-order valence-electron chi connectivity index (χ1n) is 8.18. The van der Waals surface area contributed by atoms with E-state index in [0.717, 1.165) is 37.2 Å². The number of nitrogens with one attached hydrogen (secondary N) is 2. The second kappa shape index (κ2) is 8.74. The topological polar surface area (TPSA) is 73.8 Å². The number of likely N-dealkylation sites (tertiary alicyclic amines) is 1. The number of piperidine rings is 1. The molecule has 0 radical (unpaired) electrons. The Kier molecular flexibility index (Phi) is 6.67. The van der Waals surface area contributed by atoms with Gasteiger partial charge in [-0.05, 0) is 37.9 Å². The molecule has 23 heavy (non-hydrogen) atoms. The van der Waals surface area contributed by atoms with Crippen molar-refractivity contribution in [2.24, 2.45) is 0 Å². The monoisotopic (exact) mass is 321 g/mol. The maximum absolute atomic E-state index is 12.0. The van der Waals surface area contributed by atoms with Gasteiger partial charge in [-0.1, -0.05) is 12.5 Å². The van der Waals surface area contributed by atoms with E-state index in [9.17, 15) is 9.90 Å². The van der Waals surface area contributed by atoms with Gasteiger partial charge in [-0.3, -0.25) is 4.90 Å². The fourth-order valence-electron chi connectivity index (χ4n) is 2.95. The molecule has 2 rings (SSSR count). The molecule has 1 fully saturated rings. The number of amides is 2. The number of carbonyl (C=O) groups excluding carboxylic acids is 1. The molecule has 0 spiro atoms. The van der Waals surface area contributed by atoms with E-state index in [-0.39, 0.29) is 18.7 Å². The maximum Gasteiger partial charge on any atom is 0.319 e. The zero-order valence-corrected chi connectivity index (χ0v) is 14.0. The van der Waals surface area contributed by atoms with Crippen LogP contribution in [0, 0.1) is 6.92 Å². The van der Waals surface area contributed by atoms with E-state index in [1.54, 1.807) is 13.2 Å². The highest BCUT2D eigenvalue weighted by atomic mass is 16.5. The smallest absolute Gasteiger partial charge is 0.319 e. The molecule has 1 saturated heterocycles. The number of rotatable bonds is 6. The highest BCUT2D eigenvalue weighted by Crippen LogP contribution is 2.22. The maximum atomic E-state index is 12.0. The lowest BCUT2D eigenvalue weighted by atomic mass is 10.0. The van der Waals surface area contributed by atoms with Gasteiger partial charge in [0.15, 0.2) is 0 Å². The third-order valence-electron chi connectivity index (χ3n) is 4.31. The molecule has 0 unspecified atom stereocenters. The van der Waals surface area contributed by atoms with Crippen molar-refractivity contribution in [3.63, 3.8) is 0 Å². The number of aliphatic hydroxyl groups is 1. The lowest BCUT2D eigenvalue weighted by Crippen LogP contribution is -2.46. The van der Waals surface area contributed by atoms with Crippen molar-refractivity contribution in [2.75, 3.05) is 38.7 Å². The number of urea groups is 1. The number of nitrogens with zero attached hydrogens (tertiary/aromatic N) is 1. The summed E-state index contributed by atoms with van der Waals surface area (Å²) in [4.78, 5) is 14.2. The van der Waals surface area contributed by atoms with Gasteiger partial charge in [-0.2, -0.15) is 0 Å². The molecular formula is C17H27N3O3. The van der Waals surface area contributed by atoms with Gasteiger partial charge in [0.1, 0.15) is 5.75 Å². The van der Waals surface area contributed by atoms with Crippen LogP contribution in [0.1, 0.15) is 24.8 Å². The fourth-order valence-corrected chi connectivity index (χ4v) is 2.95. The second-order valence-electron chi connectivity index (χ2n) is 5.93. The molecule has 2 amide bonds. The standard InChI is InChI=1S/C17H27N3O3/c1-13-6-7-14(11-16(13)23-2)19-17(22)18-8-10-20-9-4-3-5-15(20)12-21/h6-7,11,15,21H,3-5,8-10,12H2,1-2H3,(H2,18,19,22)/t15-/m0/s1. The normalized spacial score (nSPS) is 18.5. The zero-order valence-electron chi connectivity index (χ0n) is 14.0. The van der Waals surface area contributed by atoms with Crippen LogP contribution in [0.4, 0.5) is 10.5 Å². The summed E-state index contributed by atoms with van der Waals surface area (Å²) < 4.78 is 5.25. The molecule has 0 bridgehead atoms. The average molecular weight is 321 g/mol. The SMILES string of the molecule is COc1cc(NC(=O)NCCN2CCCC[C@H]2CO)ccc1C. The molecule has 128 valence electrons. The highest BCUT2D eigenvalue weighted by Gasteiger charge is 2.20. The van der Waals surface area contributed by atoms with Gasteiger partial charge >= 0.3 is 6.03 Å². The minimum atomic E-state index is -0.228. The van der Waals surface area contributed by atoms with E-state index in [2.05, 4.69) is 15.5 Å². The number of aliphatic hydroxyl groups excluding tert-OH is 1. The van der Waals surface area contributed by atoms with Crippen molar-refractivity contribution in [3.8, 4) is 5.75 Å². The summed E-state index contributed by atoms with van der Waals surface area (Å²) in [5.74, 6) is 0.752. The summed E-state index contributed by atoms with van der Waals surface area (Å²) in [7, 11) is 1.61. The molecule has 6 nitrogen and oxygen atoms in total. The van der Waals surface area contributed by atoms with E-state index in [1.807, 2.05) is 19.1 Å². The van der Waals surface area contributed by atoms with Crippen molar-refractivity contribution < 1.29 is 14.6 Å². The second-order valence-corrected chi connectivity index (χ2v) is 5.93. The third kappa shape index (κ3) is 5.11. The molecular weight excluding hydrogens is 294 g/mol. The van der Waals surface area contributed by atoms with Gasteiger partial charge in [-0.15, -0.1) is 0 Å². The summed E-state index contributed by atoms with van der Waals surface area (Å²) in [6.45, 7) is 4.46. The first kappa shape index (κ1) is 17.6. The Morgan fingerprint density at radius 1 is 1.43 bits per heavy atom. The van der Waals surface area contributed by atoms with Crippen LogP contribution in [0.5, 0.6) is 5.75 Å². The number of hydrogen-bond donors (Lipinski definition) is 3. The summed E-state index contributed by atoms with van der Waals surface area (Å²) in [6, 6.07) is 5.57. The van der Waals surface area contributed by atoms with Crippen LogP contribution < -0.4 is 15.4 Å². The van der Waals surface area contributed by atoms with Crippen LogP contribution in [0.2, 0.25) is 0 Å². The van der Waals surface area contributed by atoms with Crippen molar-refractivity contribution in [1.29, 1.82) is 0 Å². The number of ether oxygens (including phenoxy) is 1. The minimum Gasteiger partial charge on any atom is -0.496 e. The molecule has 1 aliphatic rings. The van der Waals surface area contributed by atoms with Crippen LogP contribution in [-0.2, 0) is 0 Å². The molecule has 0 aliphatic carbocycles. The van der Waals surface area contributed by atoms with Crippen molar-refractivity contribution in [2.45, 2.75) is 32.2 Å². The first-order chi connectivity index (χ1) is 11.1. The van der Waals surface area contributed by atoms with Crippen molar-refractivity contribution >= 4 is 11.7 Å². The van der Waals surface area contributed by atoms with E-state index in [0.29, 0.717) is 12.2 Å². The predicted molar refractivity (Wildman–Crippen MR) is 91.1 cm³/mol. The van der Waals surface area contributed by atoms with E-state index in [1.165, 1.54) is 6.42 Å². The van der Waals surface area contributed by atoms with Gasteiger partial charge < -0.3 is 20.5 Å². The van der Waals surface area contributed by atoms with E-state index >= 15 is 0 Å². The zero-order chi connectivity index (χ0) is 16.7. The Balaban J connectivity index is 1.76. The number of aryl methyl sites for hydroxylation is 1. The molecule has 1 atom stereocenters. The fraction of sp³-hybridized carbons (Fsp3) is 0.588. The molecule has 0 aromatic heterocycles. The Labute approximate surface area is 137 Å². The van der Waals surface area contributed by atoms with Gasteiger partial charge in [0.05, 0.1) is 13.7 Å². The summed E-state index contributed by atoms with van der Waals surface area (Å²) >= 11 is 0. The van der Waals surface area contributed by atoms with Gasteiger partial charge in [0.2, 0.25) is 0 Å². The summed E-state index contributed by atoms with van der Waals surface area (Å²) in [5, 5.41) is 15.1. The number of methoxy groups -OCH3 is 1. The quantitative estimate of drug-likeness (QED) is 0.749. The number of anilines is 1. The summed E-state index contributed by atoms with van der Waals surface area (Å²) in [5.41, 5.74) is 1.73. The van der Waals surface area contributed by atoms with Crippen molar-refractivity contribution in [3.05, 3.63) is 23.8 Å². The molecule has 3 N–H and O–H groups in total. The molecule has 6 heteroatoms. The van der Waals surface area contributed by atoms with E-state index in [4.69, 9.17) is 4.74 Å². The Bertz CT molecular complexity index is 522. The Morgan fingerprint density at radius 3 is 3.00 bits per heavy atom. The third-order valence-corrected chi connectivity index (χ3v) is 4.31. The first-order valence-corrected chi connectivity index (χ1v) is 8.18. The lowest BCUT2D eigenvalue weighted by Gasteiger charge is -2.34. The predicted octanol–water partition coefficient (Wildman–Crippen LogP) is 1.97. The molecule has 1 heterocycles. The highest BCUT2D eigenvalue weighted by molar-refractivity contribution is 5.89. The van der Waals surface area contributed by atoms with Crippen LogP contribution in [0.3, 0.4) is 0 Å². The molecule has 1 aliphatic heterocycles. The van der Waals surface area contributed by atoms with Gasteiger partial charge in [0.25, 0.3) is 0 Å². The Hall–Kier alpha value is -1.79. The van der Waals surface area contributed by atoms with E-state index < -0.39 is 0 Å². The Morgan fingerprint density at radius 2 is 2.26 bits per heavy atom. The molecule has 1 aromatic rings. The van der Waals surface area contributed by atoms with Gasteiger partial charge in [0, 0.05) is 30.9 Å². The largest absolute Gasteiger partial charge is 0.496 e. The van der Waals surface area contributed by atoms with Gasteiger partial charge in [-0.25, -0.2) is 4.79 Å². The van der Waals surface area contributed by atoms with Crippen LogP contribution in [0.25, 0.3) is 0 Å². The number of benzene rings is 1. The van der Waals surface area contributed by atoms with Crippen LogP contribution >= 0.6 is 0 Å². The number of carbonyl (C=O) groups is 1. The lowest BCUT2D eigenvalue weighted by molar-refractivity contribution is 0.0917. The summed E-state index contributed by atoms with van der Waals surface area (Å²) in [6.07, 6.45) is 3.36. The molecule has 0 saturated carbocycles. The van der Waals surface area contributed by atoms with Crippen LogP contribution in [-0.4, -0.2) is 55.4 Å².